The predicted molar refractivity (Wildman–Crippen MR) is 90.2 cm³/mol. The highest BCUT2D eigenvalue weighted by Crippen LogP contribution is 2.59. The fourth-order valence-electron chi connectivity index (χ4n) is 6.21. The predicted octanol–water partition coefficient (Wildman–Crippen LogP) is 1.95. The molecular weight excluding hydrogens is 304 g/mol. The van der Waals surface area contributed by atoms with Gasteiger partial charge in [0.05, 0.1) is 0 Å². The second kappa shape index (κ2) is 6.66. The molecule has 2 bridgehead atoms. The molecule has 5 heteroatoms. The average Bonchev–Trinajstić information content (AvgIpc) is 3.31. The number of amides is 2. The zero-order valence-corrected chi connectivity index (χ0v) is 14.7. The van der Waals surface area contributed by atoms with Crippen LogP contribution in [0.5, 0.6) is 0 Å². The molecule has 1 heterocycles. The fourth-order valence-corrected chi connectivity index (χ4v) is 6.21. The lowest BCUT2D eigenvalue weighted by Gasteiger charge is -2.40. The van der Waals surface area contributed by atoms with E-state index in [1.165, 1.54) is 32.1 Å². The molecule has 4 fully saturated rings. The van der Waals surface area contributed by atoms with Gasteiger partial charge in [-0.3, -0.25) is 9.59 Å². The van der Waals surface area contributed by atoms with Crippen LogP contribution in [0.4, 0.5) is 0 Å². The van der Waals surface area contributed by atoms with Gasteiger partial charge in [-0.1, -0.05) is 6.42 Å². The van der Waals surface area contributed by atoms with Gasteiger partial charge in [0.15, 0.2) is 0 Å². The zero-order valence-electron chi connectivity index (χ0n) is 14.7. The number of nitrogens with one attached hydrogen (secondary N) is 1. The smallest absolute Gasteiger partial charge is 0.245 e. The van der Waals surface area contributed by atoms with Crippen LogP contribution in [0, 0.1) is 23.7 Å². The molecule has 4 aliphatic rings. The second-order valence-corrected chi connectivity index (χ2v) is 8.26. The third-order valence-electron chi connectivity index (χ3n) is 7.12. The lowest BCUT2D eigenvalue weighted by Crippen LogP contribution is -2.52. The standard InChI is InChI=1S/C19H30N2O3/c1-24-9-3-8-21(19(23)16-6-7-18(22)20-16)17-11-12-10-15(17)14-5-2-4-13(12)14/h12-17H,2-11H2,1H3,(H,20,22)/t12-,13-,14-,15+,16-,17-/m1/s1. The summed E-state index contributed by atoms with van der Waals surface area (Å²) in [6, 6.07) is 0.106. The number of fused-ring (bicyclic) bond motifs is 5. The molecule has 3 saturated carbocycles. The molecule has 6 atom stereocenters. The van der Waals surface area contributed by atoms with Crippen LogP contribution in [0.2, 0.25) is 0 Å². The number of hydrogen-bond donors (Lipinski definition) is 1. The minimum absolute atomic E-state index is 0.0222. The van der Waals surface area contributed by atoms with Gasteiger partial charge in [-0.2, -0.15) is 0 Å². The minimum Gasteiger partial charge on any atom is -0.385 e. The van der Waals surface area contributed by atoms with Crippen molar-refractivity contribution in [1.29, 1.82) is 0 Å². The van der Waals surface area contributed by atoms with Crippen LogP contribution in [0.15, 0.2) is 0 Å². The van der Waals surface area contributed by atoms with Crippen molar-refractivity contribution in [3.8, 4) is 0 Å². The molecule has 0 unspecified atom stereocenters. The molecule has 0 aromatic rings. The fraction of sp³-hybridized carbons (Fsp3) is 0.895. The molecule has 1 aliphatic heterocycles. The maximum atomic E-state index is 13.1. The van der Waals surface area contributed by atoms with Crippen molar-refractivity contribution in [3.63, 3.8) is 0 Å². The zero-order chi connectivity index (χ0) is 16.7. The largest absolute Gasteiger partial charge is 0.385 e. The molecule has 0 spiro atoms. The van der Waals surface area contributed by atoms with Gasteiger partial charge in [0.1, 0.15) is 6.04 Å². The van der Waals surface area contributed by atoms with E-state index in [4.69, 9.17) is 4.74 Å². The SMILES string of the molecule is COCCCN(C(=O)[C@H]1CCC(=O)N1)[C@@H]1C[C@H]2C[C@H]1[C@@H]1CCC[C@H]21. The highest BCUT2D eigenvalue weighted by atomic mass is 16.5. The van der Waals surface area contributed by atoms with Gasteiger partial charge in [0, 0.05) is 32.7 Å². The Balaban J connectivity index is 1.48. The topological polar surface area (TPSA) is 58.6 Å². The number of hydrogen-bond acceptors (Lipinski definition) is 3. The van der Waals surface area contributed by atoms with E-state index in [1.807, 2.05) is 0 Å². The highest BCUT2D eigenvalue weighted by molar-refractivity contribution is 5.91. The van der Waals surface area contributed by atoms with Crippen molar-refractivity contribution >= 4 is 11.8 Å². The number of carbonyl (C=O) groups excluding carboxylic acids is 2. The molecule has 5 nitrogen and oxygen atoms in total. The molecule has 0 aromatic heterocycles. The third-order valence-corrected chi connectivity index (χ3v) is 7.12. The first-order valence-corrected chi connectivity index (χ1v) is 9.78. The normalized spacial score (nSPS) is 40.0. The highest BCUT2D eigenvalue weighted by Gasteiger charge is 2.56. The van der Waals surface area contributed by atoms with E-state index in [1.54, 1.807) is 7.11 Å². The Morgan fingerprint density at radius 3 is 2.79 bits per heavy atom. The van der Waals surface area contributed by atoms with E-state index in [9.17, 15) is 9.59 Å². The molecule has 0 radical (unpaired) electrons. The number of carbonyl (C=O) groups is 2. The number of methoxy groups -OCH3 is 1. The van der Waals surface area contributed by atoms with Crippen LogP contribution in [-0.2, 0) is 14.3 Å². The molecule has 1 saturated heterocycles. The molecule has 0 aromatic carbocycles. The summed E-state index contributed by atoms with van der Waals surface area (Å²) >= 11 is 0. The van der Waals surface area contributed by atoms with Gasteiger partial charge >= 0.3 is 0 Å². The van der Waals surface area contributed by atoms with Crippen LogP contribution in [0.1, 0.15) is 51.4 Å². The van der Waals surface area contributed by atoms with Crippen molar-refractivity contribution in [1.82, 2.24) is 10.2 Å². The Hall–Kier alpha value is -1.10. The van der Waals surface area contributed by atoms with Crippen LogP contribution >= 0.6 is 0 Å². The Kier molecular flexibility index (Phi) is 4.54. The molecule has 2 amide bonds. The van der Waals surface area contributed by atoms with Crippen molar-refractivity contribution in [2.75, 3.05) is 20.3 Å². The number of ether oxygens (including phenoxy) is 1. The van der Waals surface area contributed by atoms with Crippen molar-refractivity contribution in [3.05, 3.63) is 0 Å². The van der Waals surface area contributed by atoms with E-state index in [-0.39, 0.29) is 17.9 Å². The first-order chi connectivity index (χ1) is 11.7. The summed E-state index contributed by atoms with van der Waals surface area (Å²) in [5.41, 5.74) is 0. The van der Waals surface area contributed by atoms with Crippen molar-refractivity contribution in [2.45, 2.75) is 63.5 Å². The van der Waals surface area contributed by atoms with Gasteiger partial charge in [0.2, 0.25) is 11.8 Å². The molecule has 134 valence electrons. The van der Waals surface area contributed by atoms with E-state index in [0.717, 1.165) is 30.7 Å². The van der Waals surface area contributed by atoms with E-state index >= 15 is 0 Å². The lowest BCUT2D eigenvalue weighted by atomic mass is 9.78. The van der Waals surface area contributed by atoms with Crippen LogP contribution < -0.4 is 5.32 Å². The summed E-state index contributed by atoms with van der Waals surface area (Å²) in [6.07, 6.45) is 8.69. The average molecular weight is 334 g/mol. The minimum atomic E-state index is -0.293. The van der Waals surface area contributed by atoms with E-state index in [0.29, 0.717) is 31.4 Å². The monoisotopic (exact) mass is 334 g/mol. The summed E-state index contributed by atoms with van der Waals surface area (Å²) in [6.45, 7) is 1.46. The summed E-state index contributed by atoms with van der Waals surface area (Å²) in [7, 11) is 1.71. The summed E-state index contributed by atoms with van der Waals surface area (Å²) in [5.74, 6) is 3.51. The first kappa shape index (κ1) is 16.4. The Morgan fingerprint density at radius 2 is 2.04 bits per heavy atom. The quantitative estimate of drug-likeness (QED) is 0.756. The van der Waals surface area contributed by atoms with Crippen molar-refractivity contribution in [2.24, 2.45) is 23.7 Å². The molecular formula is C19H30N2O3. The Bertz CT molecular complexity index is 509. The van der Waals surface area contributed by atoms with Gasteiger partial charge in [-0.05, 0) is 62.2 Å². The third kappa shape index (κ3) is 2.75. The molecule has 3 aliphatic carbocycles. The Labute approximate surface area is 144 Å². The van der Waals surface area contributed by atoms with Gasteiger partial charge < -0.3 is 15.0 Å². The summed E-state index contributed by atoms with van der Waals surface area (Å²) in [5, 5.41) is 2.88. The van der Waals surface area contributed by atoms with Gasteiger partial charge in [-0.25, -0.2) is 0 Å². The molecule has 24 heavy (non-hydrogen) atoms. The van der Waals surface area contributed by atoms with Crippen LogP contribution in [0.3, 0.4) is 0 Å². The van der Waals surface area contributed by atoms with E-state index in [2.05, 4.69) is 10.2 Å². The number of nitrogens with zero attached hydrogens (tertiary/aromatic N) is 1. The first-order valence-electron chi connectivity index (χ1n) is 9.78. The second-order valence-electron chi connectivity index (χ2n) is 8.26. The summed E-state index contributed by atoms with van der Waals surface area (Å²) in [4.78, 5) is 26.8. The summed E-state index contributed by atoms with van der Waals surface area (Å²) < 4.78 is 5.20. The molecule has 1 N–H and O–H groups in total. The maximum Gasteiger partial charge on any atom is 0.245 e. The maximum absolute atomic E-state index is 13.1. The van der Waals surface area contributed by atoms with Gasteiger partial charge in [-0.15, -0.1) is 0 Å². The number of rotatable bonds is 6. The van der Waals surface area contributed by atoms with E-state index < -0.39 is 0 Å². The lowest BCUT2D eigenvalue weighted by molar-refractivity contribution is -0.138. The van der Waals surface area contributed by atoms with Crippen LogP contribution in [0.25, 0.3) is 0 Å². The van der Waals surface area contributed by atoms with Crippen molar-refractivity contribution < 1.29 is 14.3 Å². The molecule has 4 rings (SSSR count). The van der Waals surface area contributed by atoms with Gasteiger partial charge in [0.25, 0.3) is 0 Å². The Morgan fingerprint density at radius 1 is 1.21 bits per heavy atom. The van der Waals surface area contributed by atoms with Crippen LogP contribution in [-0.4, -0.2) is 49.1 Å².